The van der Waals surface area contributed by atoms with Gasteiger partial charge in [0.2, 0.25) is 15.8 Å². The second-order valence-electron chi connectivity index (χ2n) is 5.03. The third-order valence-corrected chi connectivity index (χ3v) is 4.75. The van der Waals surface area contributed by atoms with Crippen LogP contribution in [0.15, 0.2) is 39.6 Å². The van der Waals surface area contributed by atoms with E-state index in [0.29, 0.717) is 5.56 Å². The first-order valence-electron chi connectivity index (χ1n) is 7.17. The number of carbonyl (C=O) groups is 2. The van der Waals surface area contributed by atoms with Crippen molar-refractivity contribution in [3.63, 3.8) is 0 Å². The van der Waals surface area contributed by atoms with E-state index in [0.717, 1.165) is 0 Å². The van der Waals surface area contributed by atoms with Crippen LogP contribution in [0.3, 0.4) is 0 Å². The van der Waals surface area contributed by atoms with E-state index in [1.54, 1.807) is 13.0 Å². The van der Waals surface area contributed by atoms with Crippen LogP contribution in [0.1, 0.15) is 32.2 Å². The first kappa shape index (κ1) is 18.7. The molecule has 1 aromatic carbocycles. The Kier molecular flexibility index (Phi) is 5.60. The van der Waals surface area contributed by atoms with Crippen LogP contribution in [0, 0.1) is 6.92 Å². The second kappa shape index (κ2) is 7.49. The van der Waals surface area contributed by atoms with Gasteiger partial charge in [-0.1, -0.05) is 6.07 Å². The maximum atomic E-state index is 12.1. The average Bonchev–Trinajstić information content (AvgIpc) is 2.99. The number of aryl methyl sites for hydroxylation is 1. The zero-order valence-electron chi connectivity index (χ0n) is 13.9. The van der Waals surface area contributed by atoms with Crippen molar-refractivity contribution >= 4 is 22.0 Å². The van der Waals surface area contributed by atoms with Crippen molar-refractivity contribution in [2.24, 2.45) is 0 Å². The summed E-state index contributed by atoms with van der Waals surface area (Å²) in [5.74, 6) is -1.04. The van der Waals surface area contributed by atoms with E-state index in [-0.39, 0.29) is 28.6 Å². The van der Waals surface area contributed by atoms with Crippen LogP contribution >= 0.6 is 0 Å². The summed E-state index contributed by atoms with van der Waals surface area (Å²) >= 11 is 0. The largest absolute Gasteiger partial charge is 0.463 e. The first-order chi connectivity index (χ1) is 11.8. The molecule has 1 N–H and O–H groups in total. The molecule has 0 aliphatic rings. The molecule has 1 aromatic heterocycles. The maximum absolute atomic E-state index is 12.1. The Bertz CT molecular complexity index is 899. The van der Waals surface area contributed by atoms with Crippen LogP contribution in [0.2, 0.25) is 0 Å². The van der Waals surface area contributed by atoms with Crippen molar-refractivity contribution in [1.82, 2.24) is 4.72 Å². The quantitative estimate of drug-likeness (QED) is 0.772. The van der Waals surface area contributed by atoms with Gasteiger partial charge in [0.15, 0.2) is 0 Å². The second-order valence-corrected chi connectivity index (χ2v) is 6.91. The van der Waals surface area contributed by atoms with Gasteiger partial charge in [-0.3, -0.25) is 0 Å². The SMILES string of the molecule is CNS(=O)(=O)c1cccc(C(=O)OCc2cc(C)c(C(=O)OC)o2)c1. The Morgan fingerprint density at radius 1 is 1.20 bits per heavy atom. The molecule has 0 fully saturated rings. The molecule has 0 amide bonds. The standard InChI is InChI=1S/C16H17NO7S/c1-10-7-12(24-14(10)16(19)22-3)9-23-15(18)11-5-4-6-13(8-11)25(20,21)17-2/h4-8,17H,9H2,1-3H3. The highest BCUT2D eigenvalue weighted by Crippen LogP contribution is 2.18. The summed E-state index contributed by atoms with van der Waals surface area (Å²) in [5.41, 5.74) is 0.632. The van der Waals surface area contributed by atoms with Crippen molar-refractivity contribution in [3.8, 4) is 0 Å². The molecule has 0 saturated heterocycles. The normalized spacial score (nSPS) is 11.2. The fraction of sp³-hybridized carbons (Fsp3) is 0.250. The van der Waals surface area contributed by atoms with E-state index in [9.17, 15) is 18.0 Å². The number of rotatable bonds is 6. The molecule has 0 atom stereocenters. The van der Waals surface area contributed by atoms with Crippen LogP contribution in [-0.2, 0) is 26.1 Å². The average molecular weight is 367 g/mol. The number of ether oxygens (including phenoxy) is 2. The minimum atomic E-state index is -3.66. The number of sulfonamides is 1. The lowest BCUT2D eigenvalue weighted by Crippen LogP contribution is -2.19. The highest BCUT2D eigenvalue weighted by Gasteiger charge is 2.18. The van der Waals surface area contributed by atoms with Crippen LogP contribution < -0.4 is 4.72 Å². The van der Waals surface area contributed by atoms with Crippen LogP contribution in [0.5, 0.6) is 0 Å². The lowest BCUT2D eigenvalue weighted by atomic mass is 10.2. The van der Waals surface area contributed by atoms with Gasteiger partial charge in [0.25, 0.3) is 0 Å². The molecule has 2 rings (SSSR count). The van der Waals surface area contributed by atoms with Crippen molar-refractivity contribution in [3.05, 3.63) is 53.0 Å². The summed E-state index contributed by atoms with van der Waals surface area (Å²) in [4.78, 5) is 23.5. The highest BCUT2D eigenvalue weighted by atomic mass is 32.2. The van der Waals surface area contributed by atoms with Crippen molar-refractivity contribution in [1.29, 1.82) is 0 Å². The zero-order chi connectivity index (χ0) is 18.6. The predicted molar refractivity (Wildman–Crippen MR) is 86.6 cm³/mol. The van der Waals surface area contributed by atoms with E-state index < -0.39 is 22.0 Å². The molecule has 0 aliphatic heterocycles. The molecule has 0 aliphatic carbocycles. The minimum Gasteiger partial charge on any atom is -0.463 e. The van der Waals surface area contributed by atoms with Gasteiger partial charge in [-0.2, -0.15) is 0 Å². The molecule has 1 heterocycles. The number of carbonyl (C=O) groups excluding carboxylic acids is 2. The fourth-order valence-corrected chi connectivity index (χ4v) is 2.82. The molecule has 0 bridgehead atoms. The summed E-state index contributed by atoms with van der Waals surface area (Å²) in [6.07, 6.45) is 0. The molecule has 9 heteroatoms. The third kappa shape index (κ3) is 4.25. The first-order valence-corrected chi connectivity index (χ1v) is 8.65. The van der Waals surface area contributed by atoms with Crippen molar-refractivity contribution in [2.75, 3.05) is 14.2 Å². The molecule has 0 radical (unpaired) electrons. The van der Waals surface area contributed by atoms with Crippen LogP contribution in [0.25, 0.3) is 0 Å². The Hall–Kier alpha value is -2.65. The summed E-state index contributed by atoms with van der Waals surface area (Å²) < 4.78 is 40.7. The summed E-state index contributed by atoms with van der Waals surface area (Å²) in [6, 6.07) is 7.00. The van der Waals surface area contributed by atoms with Gasteiger partial charge in [0.1, 0.15) is 12.4 Å². The number of nitrogens with one attached hydrogen (secondary N) is 1. The molecule has 2 aromatic rings. The highest BCUT2D eigenvalue weighted by molar-refractivity contribution is 7.89. The third-order valence-electron chi connectivity index (χ3n) is 3.33. The number of methoxy groups -OCH3 is 1. The van der Waals surface area contributed by atoms with Crippen LogP contribution in [0.4, 0.5) is 0 Å². The number of hydrogen-bond acceptors (Lipinski definition) is 7. The van der Waals surface area contributed by atoms with Gasteiger partial charge in [-0.15, -0.1) is 0 Å². The van der Waals surface area contributed by atoms with Gasteiger partial charge in [-0.25, -0.2) is 22.7 Å². The van der Waals surface area contributed by atoms with Crippen LogP contribution in [-0.4, -0.2) is 34.5 Å². The van der Waals surface area contributed by atoms with Gasteiger partial charge >= 0.3 is 11.9 Å². The van der Waals surface area contributed by atoms with Crippen molar-refractivity contribution in [2.45, 2.75) is 18.4 Å². The van der Waals surface area contributed by atoms with Gasteiger partial charge in [0.05, 0.1) is 17.6 Å². The smallest absolute Gasteiger partial charge is 0.374 e. The summed E-state index contributed by atoms with van der Waals surface area (Å²) in [6.45, 7) is 1.45. The Morgan fingerprint density at radius 2 is 1.92 bits per heavy atom. The number of benzene rings is 1. The van der Waals surface area contributed by atoms with E-state index in [1.807, 2.05) is 0 Å². The lowest BCUT2D eigenvalue weighted by Gasteiger charge is -2.06. The van der Waals surface area contributed by atoms with Crippen molar-refractivity contribution < 1.29 is 31.9 Å². The molecule has 0 unspecified atom stereocenters. The van der Waals surface area contributed by atoms with Gasteiger partial charge in [0, 0.05) is 5.56 Å². The number of esters is 2. The summed E-state index contributed by atoms with van der Waals surface area (Å²) in [7, 11) is -1.16. The predicted octanol–water partition coefficient (Wildman–Crippen LogP) is 1.64. The molecular formula is C16H17NO7S. The Balaban J connectivity index is 2.11. The van der Waals surface area contributed by atoms with E-state index >= 15 is 0 Å². The Labute approximate surface area is 144 Å². The summed E-state index contributed by atoms with van der Waals surface area (Å²) in [5, 5.41) is 0. The molecule has 0 saturated carbocycles. The molecular weight excluding hydrogens is 350 g/mol. The number of hydrogen-bond donors (Lipinski definition) is 1. The van der Waals surface area contributed by atoms with E-state index in [4.69, 9.17) is 9.15 Å². The number of furan rings is 1. The molecule has 25 heavy (non-hydrogen) atoms. The minimum absolute atomic E-state index is 0.0376. The zero-order valence-corrected chi connectivity index (χ0v) is 14.7. The Morgan fingerprint density at radius 3 is 2.56 bits per heavy atom. The molecule has 8 nitrogen and oxygen atoms in total. The lowest BCUT2D eigenvalue weighted by molar-refractivity contribution is 0.0438. The van der Waals surface area contributed by atoms with Gasteiger partial charge in [-0.05, 0) is 38.2 Å². The topological polar surface area (TPSA) is 112 Å². The monoisotopic (exact) mass is 367 g/mol. The maximum Gasteiger partial charge on any atom is 0.374 e. The van der Waals surface area contributed by atoms with E-state index in [1.165, 1.54) is 38.4 Å². The molecule has 134 valence electrons. The van der Waals surface area contributed by atoms with Gasteiger partial charge < -0.3 is 13.9 Å². The fourth-order valence-electron chi connectivity index (χ4n) is 2.04. The molecule has 0 spiro atoms. The van der Waals surface area contributed by atoms with E-state index in [2.05, 4.69) is 9.46 Å².